The van der Waals surface area contributed by atoms with Crippen LogP contribution < -0.4 is 9.80 Å². The molecule has 0 saturated carbocycles. The quantitative estimate of drug-likeness (QED) is 0.166. The Labute approximate surface area is 306 Å². The number of benzene rings is 8. The number of thiophene rings is 1. The summed E-state index contributed by atoms with van der Waals surface area (Å²) in [6.45, 7) is 0. The van der Waals surface area contributed by atoms with Crippen LogP contribution in [0.1, 0.15) is 0 Å². The average molecular weight is 684 g/mol. The van der Waals surface area contributed by atoms with Gasteiger partial charge in [0.2, 0.25) is 0 Å². The molecule has 4 heteroatoms. The summed E-state index contributed by atoms with van der Waals surface area (Å²) in [7, 11) is 0. The Hall–Kier alpha value is -6.62. The van der Waals surface area contributed by atoms with Gasteiger partial charge in [-0.3, -0.25) is 0 Å². The molecule has 52 heavy (non-hydrogen) atoms. The first kappa shape index (κ1) is 30.2. The third-order valence-corrected chi connectivity index (χ3v) is 11.1. The van der Waals surface area contributed by atoms with Crippen molar-refractivity contribution < 1.29 is 0 Å². The van der Waals surface area contributed by atoms with E-state index in [2.05, 4.69) is 215 Å². The SMILES string of the molecule is c1ccc(N(c2ccccc2)c2ccc(-n3c4cc(N(c5ccccc5)c5ccccc5)ccc4c4cc5sc6ccccc6c5cc43)cc2)cc1. The number of para-hydroxylation sites is 4. The first-order valence-electron chi connectivity index (χ1n) is 17.6. The number of hydrogen-bond donors (Lipinski definition) is 0. The van der Waals surface area contributed by atoms with Crippen molar-refractivity contribution in [1.29, 1.82) is 0 Å². The maximum absolute atomic E-state index is 2.45. The minimum Gasteiger partial charge on any atom is -0.311 e. The lowest BCUT2D eigenvalue weighted by atomic mass is 10.1. The third-order valence-electron chi connectivity index (χ3n) is 9.93. The van der Waals surface area contributed by atoms with Gasteiger partial charge in [-0.25, -0.2) is 0 Å². The summed E-state index contributed by atoms with van der Waals surface area (Å²) in [5.41, 5.74) is 10.2. The molecule has 0 radical (unpaired) electrons. The predicted octanol–water partition coefficient (Wildman–Crippen LogP) is 14.1. The van der Waals surface area contributed by atoms with Gasteiger partial charge < -0.3 is 14.4 Å². The van der Waals surface area contributed by atoms with Crippen molar-refractivity contribution in [3.63, 3.8) is 0 Å². The normalized spacial score (nSPS) is 11.5. The molecule has 3 nitrogen and oxygen atoms in total. The molecule has 0 atom stereocenters. The molecule has 246 valence electrons. The van der Waals surface area contributed by atoms with Crippen LogP contribution in [0, 0.1) is 0 Å². The van der Waals surface area contributed by atoms with E-state index in [1.54, 1.807) is 0 Å². The zero-order valence-electron chi connectivity index (χ0n) is 28.3. The highest BCUT2D eigenvalue weighted by Crippen LogP contribution is 2.43. The Balaban J connectivity index is 1.21. The first-order chi connectivity index (χ1) is 25.8. The van der Waals surface area contributed by atoms with Gasteiger partial charge in [0.1, 0.15) is 0 Å². The van der Waals surface area contributed by atoms with E-state index in [0.717, 1.165) is 39.8 Å². The molecule has 0 unspecified atom stereocenters. The van der Waals surface area contributed by atoms with Gasteiger partial charge in [0.05, 0.1) is 11.0 Å². The van der Waals surface area contributed by atoms with Gasteiger partial charge >= 0.3 is 0 Å². The van der Waals surface area contributed by atoms with Crippen molar-refractivity contribution in [2.75, 3.05) is 9.80 Å². The van der Waals surface area contributed by atoms with Crippen LogP contribution in [0.25, 0.3) is 47.7 Å². The molecule has 10 rings (SSSR count). The molecule has 0 aliphatic heterocycles. The zero-order chi connectivity index (χ0) is 34.4. The number of fused-ring (bicyclic) bond motifs is 6. The summed E-state index contributed by atoms with van der Waals surface area (Å²) in [5, 5.41) is 5.09. The van der Waals surface area contributed by atoms with E-state index in [-0.39, 0.29) is 0 Å². The molecule has 8 aromatic carbocycles. The highest BCUT2D eigenvalue weighted by atomic mass is 32.1. The van der Waals surface area contributed by atoms with Gasteiger partial charge in [0.25, 0.3) is 0 Å². The molecule has 0 spiro atoms. The monoisotopic (exact) mass is 683 g/mol. The lowest BCUT2D eigenvalue weighted by molar-refractivity contribution is 1.17. The highest BCUT2D eigenvalue weighted by molar-refractivity contribution is 7.25. The average Bonchev–Trinajstić information content (AvgIpc) is 3.73. The predicted molar refractivity (Wildman–Crippen MR) is 223 cm³/mol. The van der Waals surface area contributed by atoms with E-state index in [1.165, 1.54) is 42.0 Å². The Morgan fingerprint density at radius 3 is 1.35 bits per heavy atom. The van der Waals surface area contributed by atoms with Crippen LogP contribution in [0.2, 0.25) is 0 Å². The number of nitrogens with zero attached hydrogens (tertiary/aromatic N) is 3. The van der Waals surface area contributed by atoms with Crippen molar-refractivity contribution in [2.45, 2.75) is 0 Å². The number of hydrogen-bond acceptors (Lipinski definition) is 3. The van der Waals surface area contributed by atoms with Crippen LogP contribution in [0.4, 0.5) is 34.1 Å². The third kappa shape index (κ3) is 5.12. The van der Waals surface area contributed by atoms with Gasteiger partial charge in [-0.05, 0) is 103 Å². The van der Waals surface area contributed by atoms with Gasteiger partial charge in [-0.1, -0.05) is 97.1 Å². The van der Waals surface area contributed by atoms with Crippen LogP contribution >= 0.6 is 11.3 Å². The summed E-state index contributed by atoms with van der Waals surface area (Å²) in [5.74, 6) is 0. The van der Waals surface area contributed by atoms with Crippen LogP contribution in [-0.4, -0.2) is 4.57 Å². The smallest absolute Gasteiger partial charge is 0.0561 e. The molecule has 2 heterocycles. The minimum absolute atomic E-state index is 1.10. The van der Waals surface area contributed by atoms with E-state index in [1.807, 2.05) is 11.3 Å². The molecular weight excluding hydrogens is 651 g/mol. The van der Waals surface area contributed by atoms with E-state index in [4.69, 9.17) is 0 Å². The molecule has 0 amide bonds. The fraction of sp³-hybridized carbons (Fsp3) is 0. The minimum atomic E-state index is 1.10. The van der Waals surface area contributed by atoms with Crippen molar-refractivity contribution in [2.24, 2.45) is 0 Å². The molecule has 0 bridgehead atoms. The Morgan fingerprint density at radius 2 is 0.769 bits per heavy atom. The zero-order valence-corrected chi connectivity index (χ0v) is 29.1. The van der Waals surface area contributed by atoms with Crippen LogP contribution in [0.15, 0.2) is 200 Å². The lowest BCUT2D eigenvalue weighted by Crippen LogP contribution is -2.10. The molecule has 0 fully saturated rings. The fourth-order valence-corrected chi connectivity index (χ4v) is 8.72. The lowest BCUT2D eigenvalue weighted by Gasteiger charge is -2.26. The van der Waals surface area contributed by atoms with Gasteiger partial charge in [-0.2, -0.15) is 0 Å². The van der Waals surface area contributed by atoms with E-state index in [9.17, 15) is 0 Å². The molecule has 0 N–H and O–H groups in total. The fourth-order valence-electron chi connectivity index (χ4n) is 7.59. The first-order valence-corrected chi connectivity index (χ1v) is 18.4. The van der Waals surface area contributed by atoms with E-state index >= 15 is 0 Å². The summed E-state index contributed by atoms with van der Waals surface area (Å²) in [4.78, 5) is 4.65. The maximum atomic E-state index is 2.45. The Bertz CT molecular complexity index is 2750. The summed E-state index contributed by atoms with van der Waals surface area (Å²) in [6.07, 6.45) is 0. The Morgan fingerprint density at radius 1 is 0.308 bits per heavy atom. The van der Waals surface area contributed by atoms with Crippen LogP contribution in [0.5, 0.6) is 0 Å². The summed E-state index contributed by atoms with van der Waals surface area (Å²) >= 11 is 1.87. The van der Waals surface area contributed by atoms with E-state index < -0.39 is 0 Å². The second kappa shape index (κ2) is 12.6. The maximum Gasteiger partial charge on any atom is 0.0561 e. The second-order valence-corrected chi connectivity index (χ2v) is 14.1. The van der Waals surface area contributed by atoms with Crippen molar-refractivity contribution in [3.8, 4) is 5.69 Å². The molecule has 2 aromatic heterocycles. The molecular formula is C48H33N3S. The number of anilines is 6. The second-order valence-electron chi connectivity index (χ2n) is 13.0. The van der Waals surface area contributed by atoms with Crippen LogP contribution in [0.3, 0.4) is 0 Å². The highest BCUT2D eigenvalue weighted by Gasteiger charge is 2.20. The van der Waals surface area contributed by atoms with Crippen molar-refractivity contribution in [3.05, 3.63) is 200 Å². The largest absolute Gasteiger partial charge is 0.311 e. The molecule has 0 saturated heterocycles. The summed E-state index contributed by atoms with van der Waals surface area (Å²) < 4.78 is 5.08. The van der Waals surface area contributed by atoms with Gasteiger partial charge in [0.15, 0.2) is 0 Å². The number of aromatic nitrogens is 1. The summed E-state index contributed by atoms with van der Waals surface area (Å²) in [6, 6.07) is 72.0. The standard InChI is InChI=1S/C48H33N3S/c1-5-15-34(16-6-1)49(35-17-7-2-8-18-35)38-25-27-39(28-26-38)51-45-31-40(50(36-19-9-3-10-20-36)37-21-11-4-12-22-37)29-30-41(45)43-33-48-44(32-46(43)51)42-23-13-14-24-47(42)52-48/h1-33H. The molecule has 0 aliphatic carbocycles. The van der Waals surface area contributed by atoms with Crippen LogP contribution in [-0.2, 0) is 0 Å². The molecule has 10 aromatic rings. The van der Waals surface area contributed by atoms with E-state index in [0.29, 0.717) is 0 Å². The number of rotatable bonds is 7. The molecule has 0 aliphatic rings. The topological polar surface area (TPSA) is 11.4 Å². The van der Waals surface area contributed by atoms with Crippen molar-refractivity contribution >= 4 is 87.4 Å². The Kier molecular flexibility index (Phi) is 7.33. The van der Waals surface area contributed by atoms with Crippen molar-refractivity contribution in [1.82, 2.24) is 4.57 Å². The van der Waals surface area contributed by atoms with Gasteiger partial charge in [-0.15, -0.1) is 11.3 Å². The van der Waals surface area contributed by atoms with Gasteiger partial charge in [0, 0.05) is 70.8 Å².